The standard InChI is InChI=1S/C46H88O6/c1-6-8-9-10-11-12-13-14-15-21-26-31-36-44(47)50-39-43(52-46(49)38-33-28-23-18-19-24-29-34-41(3)4)40-51-45(48)37-32-27-22-17-16-20-25-30-35-42(5)7-2/h41-43H,6-40H2,1-5H3/t42?,43-/m1/s1. The molecule has 0 rings (SSSR count). The van der Waals surface area contributed by atoms with E-state index in [2.05, 4.69) is 34.6 Å². The molecule has 0 N–H and O–H groups in total. The number of hydrogen-bond acceptors (Lipinski definition) is 6. The highest BCUT2D eigenvalue weighted by Gasteiger charge is 2.19. The van der Waals surface area contributed by atoms with Crippen molar-refractivity contribution in [3.8, 4) is 0 Å². The second-order valence-electron chi connectivity index (χ2n) is 16.4. The lowest BCUT2D eigenvalue weighted by molar-refractivity contribution is -0.167. The number of carbonyl (C=O) groups is 3. The van der Waals surface area contributed by atoms with Crippen molar-refractivity contribution in [2.75, 3.05) is 13.2 Å². The second-order valence-corrected chi connectivity index (χ2v) is 16.4. The lowest BCUT2D eigenvalue weighted by atomic mass is 9.99. The molecule has 0 heterocycles. The summed E-state index contributed by atoms with van der Waals surface area (Å²) >= 11 is 0. The third-order valence-electron chi connectivity index (χ3n) is 10.6. The molecular weight excluding hydrogens is 648 g/mol. The number of carbonyl (C=O) groups excluding carboxylic acids is 3. The first-order valence-corrected chi connectivity index (χ1v) is 22.8. The van der Waals surface area contributed by atoms with Crippen LogP contribution in [0.1, 0.15) is 247 Å². The van der Waals surface area contributed by atoms with Crippen molar-refractivity contribution >= 4 is 17.9 Å². The van der Waals surface area contributed by atoms with Crippen molar-refractivity contribution in [3.63, 3.8) is 0 Å². The Morgan fingerprint density at radius 2 is 0.731 bits per heavy atom. The van der Waals surface area contributed by atoms with Gasteiger partial charge in [0.25, 0.3) is 0 Å². The minimum absolute atomic E-state index is 0.0656. The third kappa shape index (κ3) is 38.1. The average Bonchev–Trinajstić information content (AvgIpc) is 3.12. The zero-order chi connectivity index (χ0) is 38.3. The van der Waals surface area contributed by atoms with Crippen LogP contribution >= 0.6 is 0 Å². The van der Waals surface area contributed by atoms with Crippen LogP contribution in [0.2, 0.25) is 0 Å². The van der Waals surface area contributed by atoms with Crippen LogP contribution in [0, 0.1) is 11.8 Å². The highest BCUT2D eigenvalue weighted by atomic mass is 16.6. The Bertz CT molecular complexity index is 796. The van der Waals surface area contributed by atoms with Gasteiger partial charge in [0.1, 0.15) is 13.2 Å². The largest absolute Gasteiger partial charge is 0.462 e. The quantitative estimate of drug-likeness (QED) is 0.0354. The summed E-state index contributed by atoms with van der Waals surface area (Å²) < 4.78 is 16.7. The molecule has 1 unspecified atom stereocenters. The Kier molecular flexibility index (Phi) is 37.9. The van der Waals surface area contributed by atoms with E-state index in [0.717, 1.165) is 69.6 Å². The van der Waals surface area contributed by atoms with Crippen LogP contribution in [0.15, 0.2) is 0 Å². The highest BCUT2D eigenvalue weighted by molar-refractivity contribution is 5.71. The fraction of sp³-hybridized carbons (Fsp3) is 0.935. The second kappa shape index (κ2) is 39.1. The monoisotopic (exact) mass is 737 g/mol. The molecule has 6 heteroatoms. The van der Waals surface area contributed by atoms with Gasteiger partial charge in [0.05, 0.1) is 0 Å². The number of rotatable bonds is 40. The molecule has 0 spiro atoms. The molecule has 2 atom stereocenters. The van der Waals surface area contributed by atoms with E-state index >= 15 is 0 Å². The van der Waals surface area contributed by atoms with Crippen molar-refractivity contribution < 1.29 is 28.6 Å². The Balaban J connectivity index is 4.34. The first-order chi connectivity index (χ1) is 25.3. The fourth-order valence-corrected chi connectivity index (χ4v) is 6.72. The molecule has 0 aliphatic heterocycles. The molecule has 0 aromatic carbocycles. The Labute approximate surface area is 323 Å². The van der Waals surface area contributed by atoms with Gasteiger partial charge in [-0.2, -0.15) is 0 Å². The molecular formula is C46H88O6. The predicted octanol–water partition coefficient (Wildman–Crippen LogP) is 14.2. The summed E-state index contributed by atoms with van der Waals surface area (Å²) in [5.74, 6) is 0.764. The molecule has 0 saturated carbocycles. The van der Waals surface area contributed by atoms with E-state index in [-0.39, 0.29) is 31.1 Å². The van der Waals surface area contributed by atoms with Crippen molar-refractivity contribution in [2.45, 2.75) is 253 Å². The molecule has 0 amide bonds. The minimum Gasteiger partial charge on any atom is -0.462 e. The van der Waals surface area contributed by atoms with Crippen molar-refractivity contribution in [2.24, 2.45) is 11.8 Å². The van der Waals surface area contributed by atoms with Gasteiger partial charge in [0, 0.05) is 19.3 Å². The Morgan fingerprint density at radius 1 is 0.404 bits per heavy atom. The molecule has 52 heavy (non-hydrogen) atoms. The zero-order valence-electron chi connectivity index (χ0n) is 35.4. The third-order valence-corrected chi connectivity index (χ3v) is 10.6. The van der Waals surface area contributed by atoms with E-state index in [9.17, 15) is 14.4 Å². The van der Waals surface area contributed by atoms with Gasteiger partial charge in [-0.3, -0.25) is 14.4 Å². The molecule has 0 aromatic rings. The summed E-state index contributed by atoms with van der Waals surface area (Å²) in [6.07, 6.45) is 36.6. The molecule has 308 valence electrons. The van der Waals surface area contributed by atoms with Crippen molar-refractivity contribution in [1.29, 1.82) is 0 Å². The molecule has 0 fully saturated rings. The molecule has 0 bridgehead atoms. The summed E-state index contributed by atoms with van der Waals surface area (Å²) in [7, 11) is 0. The maximum atomic E-state index is 12.7. The molecule has 6 nitrogen and oxygen atoms in total. The average molecular weight is 737 g/mol. The van der Waals surface area contributed by atoms with E-state index in [4.69, 9.17) is 14.2 Å². The van der Waals surface area contributed by atoms with Gasteiger partial charge in [-0.05, 0) is 31.1 Å². The van der Waals surface area contributed by atoms with E-state index < -0.39 is 6.10 Å². The number of hydrogen-bond donors (Lipinski definition) is 0. The topological polar surface area (TPSA) is 78.9 Å². The zero-order valence-corrected chi connectivity index (χ0v) is 35.4. The van der Waals surface area contributed by atoms with Crippen LogP contribution in [0.4, 0.5) is 0 Å². The van der Waals surface area contributed by atoms with Crippen molar-refractivity contribution in [3.05, 3.63) is 0 Å². The summed E-state index contributed by atoms with van der Waals surface area (Å²) in [6.45, 7) is 11.3. The molecule has 0 saturated heterocycles. The van der Waals surface area contributed by atoms with Crippen LogP contribution in [0.5, 0.6) is 0 Å². The van der Waals surface area contributed by atoms with E-state index in [1.807, 2.05) is 0 Å². The fourth-order valence-electron chi connectivity index (χ4n) is 6.72. The summed E-state index contributed by atoms with van der Waals surface area (Å²) in [4.78, 5) is 37.7. The van der Waals surface area contributed by atoms with Gasteiger partial charge in [0.15, 0.2) is 6.10 Å². The smallest absolute Gasteiger partial charge is 0.306 e. The van der Waals surface area contributed by atoms with Gasteiger partial charge in [0.2, 0.25) is 0 Å². The van der Waals surface area contributed by atoms with Gasteiger partial charge in [-0.15, -0.1) is 0 Å². The molecule has 0 aliphatic carbocycles. The van der Waals surface area contributed by atoms with Gasteiger partial charge in [-0.25, -0.2) is 0 Å². The minimum atomic E-state index is -0.761. The number of esters is 3. The maximum Gasteiger partial charge on any atom is 0.306 e. The number of unbranched alkanes of at least 4 members (excludes halogenated alkanes) is 24. The molecule has 0 aromatic heterocycles. The van der Waals surface area contributed by atoms with Crippen LogP contribution in [-0.4, -0.2) is 37.2 Å². The van der Waals surface area contributed by atoms with Crippen LogP contribution in [0.3, 0.4) is 0 Å². The summed E-state index contributed by atoms with van der Waals surface area (Å²) in [5, 5.41) is 0. The Morgan fingerprint density at radius 3 is 1.10 bits per heavy atom. The van der Waals surface area contributed by atoms with E-state index in [1.54, 1.807) is 0 Å². The Hall–Kier alpha value is -1.59. The van der Waals surface area contributed by atoms with E-state index in [0.29, 0.717) is 19.3 Å². The van der Waals surface area contributed by atoms with Crippen LogP contribution < -0.4 is 0 Å². The molecule has 0 radical (unpaired) electrons. The summed E-state index contributed by atoms with van der Waals surface area (Å²) in [5.41, 5.74) is 0. The number of ether oxygens (including phenoxy) is 3. The van der Waals surface area contributed by atoms with Gasteiger partial charge < -0.3 is 14.2 Å². The highest BCUT2D eigenvalue weighted by Crippen LogP contribution is 2.17. The summed E-state index contributed by atoms with van der Waals surface area (Å²) in [6, 6.07) is 0. The normalized spacial score (nSPS) is 12.6. The predicted molar refractivity (Wildman–Crippen MR) is 220 cm³/mol. The first-order valence-electron chi connectivity index (χ1n) is 22.8. The maximum absolute atomic E-state index is 12.7. The van der Waals surface area contributed by atoms with Gasteiger partial charge >= 0.3 is 17.9 Å². The first kappa shape index (κ1) is 50.4. The van der Waals surface area contributed by atoms with Crippen LogP contribution in [0.25, 0.3) is 0 Å². The van der Waals surface area contributed by atoms with Crippen molar-refractivity contribution in [1.82, 2.24) is 0 Å². The van der Waals surface area contributed by atoms with Crippen LogP contribution in [-0.2, 0) is 28.6 Å². The SMILES string of the molecule is CCCCCCCCCCCCCCC(=O)OC[C@H](COC(=O)CCCCCCCCCCC(C)CC)OC(=O)CCCCCCCCCC(C)C. The van der Waals surface area contributed by atoms with E-state index in [1.165, 1.54) is 135 Å². The van der Waals surface area contributed by atoms with Gasteiger partial charge in [-0.1, -0.05) is 208 Å². The lowest BCUT2D eigenvalue weighted by Crippen LogP contribution is -2.30. The lowest BCUT2D eigenvalue weighted by Gasteiger charge is -2.18. The molecule has 0 aliphatic rings.